The third-order valence-electron chi connectivity index (χ3n) is 5.52. The van der Waals surface area contributed by atoms with Crippen LogP contribution in [0.1, 0.15) is 40.5 Å². The molecule has 0 aliphatic rings. The van der Waals surface area contributed by atoms with E-state index in [9.17, 15) is 5.11 Å². The van der Waals surface area contributed by atoms with Gasteiger partial charge in [-0.05, 0) is 62.6 Å². The minimum atomic E-state index is -0.826. The van der Waals surface area contributed by atoms with Gasteiger partial charge in [0.25, 0.3) is 0 Å². The summed E-state index contributed by atoms with van der Waals surface area (Å²) in [5.74, 6) is 0.225. The number of thioether (sulfide) groups is 3. The Morgan fingerprint density at radius 3 is 1.50 bits per heavy atom. The maximum absolute atomic E-state index is 11.3. The number of hydrogen-bond acceptors (Lipinski definition) is 4. The summed E-state index contributed by atoms with van der Waals surface area (Å²) in [4.78, 5) is 3.75. The quantitative estimate of drug-likeness (QED) is 0.218. The van der Waals surface area contributed by atoms with Crippen LogP contribution >= 0.6 is 35.3 Å². The average Bonchev–Trinajstić information content (AvgIpc) is 2.78. The van der Waals surface area contributed by atoms with E-state index in [1.807, 2.05) is 43.4 Å². The van der Waals surface area contributed by atoms with Gasteiger partial charge in [0.1, 0.15) is 0 Å². The first-order valence-electron chi connectivity index (χ1n) is 11.3. The van der Waals surface area contributed by atoms with Crippen molar-refractivity contribution in [3.63, 3.8) is 0 Å². The Kier molecular flexibility index (Phi) is 9.24. The van der Waals surface area contributed by atoms with Gasteiger partial charge in [0, 0.05) is 19.9 Å². The molecule has 0 bridgehead atoms. The molecule has 0 aromatic heterocycles. The standard InChI is InChI=1S/C28H34OS3/c1-5-21-28(31-24-17-11-7-12-18-24,32-25-19-13-8-14-20-25)22(2)26(27(3,4)29)30-23-15-9-6-10-16-23/h6-20,22,26,29H,5,21H2,1-4H3/t22-,26-/m0/s1. The number of benzene rings is 3. The summed E-state index contributed by atoms with van der Waals surface area (Å²) in [6.07, 6.45) is 2.13. The van der Waals surface area contributed by atoms with E-state index in [0.717, 1.165) is 12.8 Å². The van der Waals surface area contributed by atoms with E-state index in [1.165, 1.54) is 14.7 Å². The molecule has 1 nitrogen and oxygen atoms in total. The molecule has 0 saturated carbocycles. The number of rotatable bonds is 11. The van der Waals surface area contributed by atoms with E-state index in [2.05, 4.69) is 98.8 Å². The van der Waals surface area contributed by atoms with E-state index >= 15 is 0 Å². The van der Waals surface area contributed by atoms with E-state index in [0.29, 0.717) is 0 Å². The van der Waals surface area contributed by atoms with Crippen LogP contribution in [-0.2, 0) is 0 Å². The fourth-order valence-corrected chi connectivity index (χ4v) is 8.88. The molecule has 0 heterocycles. The lowest BCUT2D eigenvalue weighted by Gasteiger charge is -2.45. The molecule has 2 atom stereocenters. The zero-order chi connectivity index (χ0) is 23.0. The molecule has 0 amide bonds. The third kappa shape index (κ3) is 6.84. The molecule has 32 heavy (non-hydrogen) atoms. The molecule has 0 aliphatic carbocycles. The third-order valence-corrected chi connectivity index (χ3v) is 10.7. The zero-order valence-electron chi connectivity index (χ0n) is 19.4. The molecule has 0 aliphatic heterocycles. The van der Waals surface area contributed by atoms with Gasteiger partial charge in [-0.25, -0.2) is 0 Å². The maximum atomic E-state index is 11.3. The fraction of sp³-hybridized carbons (Fsp3) is 0.357. The molecule has 170 valence electrons. The molecule has 3 aromatic carbocycles. The molecular formula is C28H34OS3. The van der Waals surface area contributed by atoms with E-state index < -0.39 is 5.60 Å². The predicted octanol–water partition coefficient (Wildman–Crippen LogP) is 8.64. The Hall–Kier alpha value is -1.33. The van der Waals surface area contributed by atoms with E-state index in [1.54, 1.807) is 11.8 Å². The monoisotopic (exact) mass is 482 g/mol. The fourth-order valence-electron chi connectivity index (χ4n) is 4.00. The molecule has 1 N–H and O–H groups in total. The molecule has 0 radical (unpaired) electrons. The van der Waals surface area contributed by atoms with Gasteiger partial charge in [0.15, 0.2) is 0 Å². The van der Waals surface area contributed by atoms with Crippen LogP contribution in [0.25, 0.3) is 0 Å². The molecule has 3 aromatic rings. The van der Waals surface area contributed by atoms with Crippen LogP contribution in [0.3, 0.4) is 0 Å². The number of hydrogen-bond donors (Lipinski definition) is 1. The van der Waals surface area contributed by atoms with E-state index in [-0.39, 0.29) is 15.2 Å². The topological polar surface area (TPSA) is 20.2 Å². The first-order valence-corrected chi connectivity index (χ1v) is 13.8. The highest BCUT2D eigenvalue weighted by atomic mass is 32.2. The maximum Gasteiger partial charge on any atom is 0.0742 e. The van der Waals surface area contributed by atoms with Crippen LogP contribution in [0.15, 0.2) is 106 Å². The van der Waals surface area contributed by atoms with Gasteiger partial charge < -0.3 is 5.11 Å². The molecule has 4 heteroatoms. The van der Waals surface area contributed by atoms with Crippen molar-refractivity contribution in [2.45, 2.75) is 70.2 Å². The van der Waals surface area contributed by atoms with Crippen molar-refractivity contribution in [2.24, 2.45) is 5.92 Å². The molecule has 0 fully saturated rings. The minimum Gasteiger partial charge on any atom is -0.389 e. The second-order valence-corrected chi connectivity index (χ2v) is 13.0. The van der Waals surface area contributed by atoms with Gasteiger partial charge in [0.05, 0.1) is 9.68 Å². The van der Waals surface area contributed by atoms with Crippen molar-refractivity contribution in [1.82, 2.24) is 0 Å². The van der Waals surface area contributed by atoms with Crippen molar-refractivity contribution in [3.05, 3.63) is 91.0 Å². The summed E-state index contributed by atoms with van der Waals surface area (Å²) in [6.45, 7) is 8.52. The Labute approximate surface area is 206 Å². The van der Waals surface area contributed by atoms with Crippen molar-refractivity contribution in [3.8, 4) is 0 Å². The minimum absolute atomic E-state index is 0.0314. The van der Waals surface area contributed by atoms with Crippen LogP contribution in [0.4, 0.5) is 0 Å². The Morgan fingerprint density at radius 2 is 1.12 bits per heavy atom. The van der Waals surface area contributed by atoms with Crippen LogP contribution < -0.4 is 0 Å². The summed E-state index contributed by atoms with van der Waals surface area (Å²) < 4.78 is -0.121. The first kappa shape index (κ1) is 25.3. The van der Waals surface area contributed by atoms with Gasteiger partial charge in [-0.3, -0.25) is 0 Å². The van der Waals surface area contributed by atoms with Crippen LogP contribution in [0.2, 0.25) is 0 Å². The molecule has 0 unspecified atom stereocenters. The normalized spacial score (nSPS) is 14.2. The highest BCUT2D eigenvalue weighted by Crippen LogP contribution is 2.57. The lowest BCUT2D eigenvalue weighted by molar-refractivity contribution is 0.0604. The molecule has 3 rings (SSSR count). The Bertz CT molecular complexity index is 882. The van der Waals surface area contributed by atoms with E-state index in [4.69, 9.17) is 0 Å². The summed E-state index contributed by atoms with van der Waals surface area (Å²) >= 11 is 5.72. The average molecular weight is 483 g/mol. The van der Waals surface area contributed by atoms with Gasteiger partial charge in [-0.2, -0.15) is 0 Å². The highest BCUT2D eigenvalue weighted by molar-refractivity contribution is 8.18. The molecule has 0 spiro atoms. The summed E-state index contributed by atoms with van der Waals surface area (Å²) in [5.41, 5.74) is -0.826. The van der Waals surface area contributed by atoms with Crippen molar-refractivity contribution < 1.29 is 5.11 Å². The summed E-state index contributed by atoms with van der Waals surface area (Å²) in [6, 6.07) is 31.9. The van der Waals surface area contributed by atoms with Crippen LogP contribution in [-0.4, -0.2) is 20.0 Å². The Morgan fingerprint density at radius 1 is 0.719 bits per heavy atom. The summed E-state index contributed by atoms with van der Waals surface area (Å²) in [5, 5.41) is 11.4. The van der Waals surface area contributed by atoms with Crippen molar-refractivity contribution in [1.29, 1.82) is 0 Å². The molecular weight excluding hydrogens is 449 g/mol. The van der Waals surface area contributed by atoms with Crippen LogP contribution in [0.5, 0.6) is 0 Å². The lowest BCUT2D eigenvalue weighted by atomic mass is 9.89. The molecule has 0 saturated heterocycles. The second-order valence-electron chi connectivity index (χ2n) is 8.69. The highest BCUT2D eigenvalue weighted by Gasteiger charge is 2.46. The second kappa shape index (κ2) is 11.7. The first-order chi connectivity index (χ1) is 15.3. The van der Waals surface area contributed by atoms with Crippen LogP contribution in [0, 0.1) is 5.92 Å². The number of aliphatic hydroxyl groups is 1. The van der Waals surface area contributed by atoms with Crippen molar-refractivity contribution >= 4 is 35.3 Å². The van der Waals surface area contributed by atoms with Gasteiger partial charge in [0.2, 0.25) is 0 Å². The SMILES string of the molecule is CCCC(Sc1ccccc1)(Sc1ccccc1)[C@@H](C)[C@H](Sc1ccccc1)C(C)(C)O. The summed E-state index contributed by atoms with van der Waals surface area (Å²) in [7, 11) is 0. The largest absolute Gasteiger partial charge is 0.389 e. The predicted molar refractivity (Wildman–Crippen MR) is 144 cm³/mol. The van der Waals surface area contributed by atoms with Gasteiger partial charge in [-0.1, -0.05) is 74.9 Å². The van der Waals surface area contributed by atoms with Gasteiger partial charge >= 0.3 is 0 Å². The lowest BCUT2D eigenvalue weighted by Crippen LogP contribution is -2.46. The Balaban J connectivity index is 2.04. The smallest absolute Gasteiger partial charge is 0.0742 e. The van der Waals surface area contributed by atoms with Crippen molar-refractivity contribution in [2.75, 3.05) is 0 Å². The zero-order valence-corrected chi connectivity index (χ0v) is 21.9. The van der Waals surface area contributed by atoms with Gasteiger partial charge in [-0.15, -0.1) is 35.3 Å².